The Kier molecular flexibility index (Phi) is 4.59. The van der Waals surface area contributed by atoms with Crippen molar-refractivity contribution in [2.24, 2.45) is 0 Å². The first-order valence-corrected chi connectivity index (χ1v) is 8.16. The number of carbonyl (C=O) groups excluding carboxylic acids is 3. The fraction of sp³-hybridized carbons (Fsp3) is 0.167. The van der Waals surface area contributed by atoms with E-state index in [1.165, 1.54) is 18.2 Å². The van der Waals surface area contributed by atoms with E-state index in [2.05, 4.69) is 10.7 Å². The Balaban J connectivity index is 1.87. The summed E-state index contributed by atoms with van der Waals surface area (Å²) in [5.41, 5.74) is 1.23. The average Bonchev–Trinajstić information content (AvgIpc) is 2.93. The van der Waals surface area contributed by atoms with Gasteiger partial charge in [0.15, 0.2) is 0 Å². The smallest absolute Gasteiger partial charge is 0.318 e. The fourth-order valence-corrected chi connectivity index (χ4v) is 2.97. The van der Waals surface area contributed by atoms with E-state index in [9.17, 15) is 24.5 Å². The van der Waals surface area contributed by atoms with Crippen LogP contribution in [0, 0.1) is 10.1 Å². The first-order chi connectivity index (χ1) is 12.9. The van der Waals surface area contributed by atoms with Gasteiger partial charge in [0.05, 0.1) is 4.92 Å². The summed E-state index contributed by atoms with van der Waals surface area (Å²) in [6.45, 7) is 1.75. The van der Waals surface area contributed by atoms with Crippen LogP contribution in [-0.4, -0.2) is 27.8 Å². The lowest BCUT2D eigenvalue weighted by atomic mass is 9.87. The zero-order valence-electron chi connectivity index (χ0n) is 14.3. The molecule has 0 unspecified atom stereocenters. The second-order valence-corrected chi connectivity index (χ2v) is 5.94. The van der Waals surface area contributed by atoms with Crippen molar-refractivity contribution in [2.75, 3.05) is 0 Å². The van der Waals surface area contributed by atoms with Crippen molar-refractivity contribution >= 4 is 23.5 Å². The minimum Gasteiger partial charge on any atom is -0.318 e. The highest BCUT2D eigenvalue weighted by Crippen LogP contribution is 2.31. The van der Waals surface area contributed by atoms with Crippen LogP contribution in [0.1, 0.15) is 29.3 Å². The number of rotatable bonds is 5. The molecule has 9 nitrogen and oxygen atoms in total. The van der Waals surface area contributed by atoms with E-state index in [-0.39, 0.29) is 17.7 Å². The highest BCUT2D eigenvalue weighted by Gasteiger charge is 2.52. The molecule has 2 aromatic carbocycles. The summed E-state index contributed by atoms with van der Waals surface area (Å²) >= 11 is 0. The second-order valence-electron chi connectivity index (χ2n) is 5.94. The number of amides is 4. The lowest BCUT2D eigenvalue weighted by molar-refractivity contribution is -0.384. The molecule has 0 saturated carbocycles. The number of nitro benzene ring substituents is 1. The lowest BCUT2D eigenvalue weighted by Crippen LogP contribution is -2.48. The van der Waals surface area contributed by atoms with Crippen molar-refractivity contribution in [3.05, 3.63) is 75.8 Å². The summed E-state index contributed by atoms with van der Waals surface area (Å²) in [7, 11) is 0. The monoisotopic (exact) mass is 368 g/mol. The maximum absolute atomic E-state index is 12.9. The highest BCUT2D eigenvalue weighted by molar-refractivity contribution is 6.09. The molecule has 1 saturated heterocycles. The number of hydrazine groups is 1. The third kappa shape index (κ3) is 3.10. The van der Waals surface area contributed by atoms with Gasteiger partial charge in [0.1, 0.15) is 5.54 Å². The molecule has 2 N–H and O–H groups in total. The van der Waals surface area contributed by atoms with Crippen LogP contribution in [0.4, 0.5) is 10.5 Å². The third-order valence-corrected chi connectivity index (χ3v) is 4.42. The Bertz CT molecular complexity index is 930. The van der Waals surface area contributed by atoms with Gasteiger partial charge >= 0.3 is 6.03 Å². The number of carbonyl (C=O) groups is 3. The predicted molar refractivity (Wildman–Crippen MR) is 94.4 cm³/mol. The summed E-state index contributed by atoms with van der Waals surface area (Å²) in [5, 5.41) is 14.1. The van der Waals surface area contributed by atoms with Crippen molar-refractivity contribution in [1.82, 2.24) is 15.8 Å². The highest BCUT2D eigenvalue weighted by atomic mass is 16.6. The number of imide groups is 1. The van der Waals surface area contributed by atoms with Crippen molar-refractivity contribution in [3.8, 4) is 0 Å². The molecule has 1 aliphatic heterocycles. The van der Waals surface area contributed by atoms with E-state index in [1.807, 2.05) is 0 Å². The van der Waals surface area contributed by atoms with Gasteiger partial charge in [0.2, 0.25) is 0 Å². The molecule has 1 fully saturated rings. The molecule has 0 spiro atoms. The number of urea groups is 1. The Morgan fingerprint density at radius 1 is 1.19 bits per heavy atom. The molecule has 1 aliphatic rings. The van der Waals surface area contributed by atoms with Crippen molar-refractivity contribution in [1.29, 1.82) is 0 Å². The van der Waals surface area contributed by atoms with Gasteiger partial charge in [0.25, 0.3) is 17.5 Å². The average molecular weight is 368 g/mol. The van der Waals surface area contributed by atoms with Gasteiger partial charge in [-0.25, -0.2) is 4.79 Å². The minimum absolute atomic E-state index is 0.0430. The van der Waals surface area contributed by atoms with Gasteiger partial charge in [-0.2, -0.15) is 5.01 Å². The molecule has 138 valence electrons. The van der Waals surface area contributed by atoms with Crippen molar-refractivity contribution in [3.63, 3.8) is 0 Å². The second kappa shape index (κ2) is 6.87. The molecule has 0 radical (unpaired) electrons. The first-order valence-electron chi connectivity index (χ1n) is 8.16. The van der Waals surface area contributed by atoms with Gasteiger partial charge in [-0.1, -0.05) is 43.3 Å². The molecular formula is C18H16N4O5. The van der Waals surface area contributed by atoms with Gasteiger partial charge < -0.3 is 5.32 Å². The maximum atomic E-state index is 12.9. The summed E-state index contributed by atoms with van der Waals surface area (Å²) in [4.78, 5) is 47.9. The van der Waals surface area contributed by atoms with Gasteiger partial charge in [0, 0.05) is 17.7 Å². The van der Waals surface area contributed by atoms with E-state index in [4.69, 9.17) is 0 Å². The number of nitrogens with zero attached hydrogens (tertiary/aromatic N) is 2. The van der Waals surface area contributed by atoms with Crippen LogP contribution in [0.2, 0.25) is 0 Å². The largest absolute Gasteiger partial charge is 0.344 e. The van der Waals surface area contributed by atoms with Gasteiger partial charge in [-0.3, -0.25) is 25.1 Å². The number of nitrogens with one attached hydrogen (secondary N) is 2. The van der Waals surface area contributed by atoms with E-state index >= 15 is 0 Å². The van der Waals surface area contributed by atoms with E-state index in [0.29, 0.717) is 10.6 Å². The van der Waals surface area contributed by atoms with E-state index < -0.39 is 28.3 Å². The van der Waals surface area contributed by atoms with Crippen LogP contribution >= 0.6 is 0 Å². The van der Waals surface area contributed by atoms with E-state index in [1.54, 1.807) is 37.3 Å². The van der Waals surface area contributed by atoms with Crippen LogP contribution in [0.5, 0.6) is 0 Å². The topological polar surface area (TPSA) is 122 Å². The quantitative estimate of drug-likeness (QED) is 0.475. The molecular weight excluding hydrogens is 352 g/mol. The third-order valence-electron chi connectivity index (χ3n) is 4.42. The summed E-state index contributed by atoms with van der Waals surface area (Å²) in [6, 6.07) is 12.9. The molecule has 1 heterocycles. The Morgan fingerprint density at radius 3 is 2.52 bits per heavy atom. The molecule has 4 amide bonds. The zero-order chi connectivity index (χ0) is 19.6. The predicted octanol–water partition coefficient (Wildman–Crippen LogP) is 2.10. The van der Waals surface area contributed by atoms with Crippen LogP contribution in [-0.2, 0) is 10.3 Å². The molecule has 0 bridgehead atoms. The number of nitro groups is 1. The first kappa shape index (κ1) is 18.1. The van der Waals surface area contributed by atoms with Gasteiger partial charge in [-0.15, -0.1) is 0 Å². The molecule has 2 aromatic rings. The van der Waals surface area contributed by atoms with Crippen LogP contribution < -0.4 is 10.7 Å². The Labute approximate surface area is 154 Å². The number of hydrogen-bond donors (Lipinski definition) is 2. The molecule has 1 atom stereocenters. The number of benzene rings is 2. The number of non-ortho nitro benzene ring substituents is 1. The molecule has 0 aromatic heterocycles. The van der Waals surface area contributed by atoms with E-state index in [0.717, 1.165) is 6.07 Å². The molecule has 0 aliphatic carbocycles. The van der Waals surface area contributed by atoms with Gasteiger partial charge in [-0.05, 0) is 18.1 Å². The lowest BCUT2D eigenvalue weighted by Gasteiger charge is -2.25. The maximum Gasteiger partial charge on any atom is 0.344 e. The van der Waals surface area contributed by atoms with Crippen LogP contribution in [0.3, 0.4) is 0 Å². The SMILES string of the molecule is CC[C@]1(c2ccccc2)NC(=O)N(NC(=O)c2cccc([N+](=O)[O-])c2)C1=O. The number of hydrogen-bond acceptors (Lipinski definition) is 5. The van der Waals surface area contributed by atoms with Crippen LogP contribution in [0.25, 0.3) is 0 Å². The standard InChI is InChI=1S/C18H16N4O5/c1-2-18(13-8-4-3-5-9-13)16(24)21(17(25)19-18)20-15(23)12-7-6-10-14(11-12)22(26)27/h3-11H,2H2,1H3,(H,19,25)(H,20,23)/t18-/m1/s1. The summed E-state index contributed by atoms with van der Waals surface area (Å²) < 4.78 is 0. The van der Waals surface area contributed by atoms with Crippen molar-refractivity contribution < 1.29 is 19.3 Å². The molecule has 27 heavy (non-hydrogen) atoms. The summed E-state index contributed by atoms with van der Waals surface area (Å²) in [6.07, 6.45) is 0.283. The molecule has 9 heteroatoms. The normalized spacial score (nSPS) is 18.9. The fourth-order valence-electron chi connectivity index (χ4n) is 2.97. The molecule has 3 rings (SSSR count). The Morgan fingerprint density at radius 2 is 1.89 bits per heavy atom. The van der Waals surface area contributed by atoms with Crippen molar-refractivity contribution in [2.45, 2.75) is 18.9 Å². The zero-order valence-corrected chi connectivity index (χ0v) is 14.3. The minimum atomic E-state index is -1.28. The Hall–Kier alpha value is -3.75. The summed E-state index contributed by atoms with van der Waals surface area (Å²) in [5.74, 6) is -1.43. The van der Waals surface area contributed by atoms with Crippen LogP contribution in [0.15, 0.2) is 54.6 Å².